The molecule has 0 rings (SSSR count). The minimum absolute atomic E-state index is 0. The molecule has 3 heteroatoms. The average molecular weight is 80.0 g/mol. The summed E-state index contributed by atoms with van der Waals surface area (Å²) in [5.74, 6) is -0.495. The maximum absolute atomic E-state index is 9.48. The van der Waals surface area contributed by atoms with E-state index < -0.39 is 5.97 Å². The molecule has 0 aliphatic rings. The van der Waals surface area contributed by atoms with Crippen LogP contribution in [0.5, 0.6) is 0 Å². The van der Waals surface area contributed by atoms with Gasteiger partial charge in [-0.1, -0.05) is 0 Å². The summed E-state index contributed by atoms with van der Waals surface area (Å²) in [5.41, 5.74) is 0. The number of carbonyl (C=O) groups is 1. The van der Waals surface area contributed by atoms with E-state index in [1.54, 1.807) is 0 Å². The van der Waals surface area contributed by atoms with Crippen molar-refractivity contribution in [1.82, 2.24) is 0 Å². The number of esters is 1. The largest absolute Gasteiger partial charge is 1.00 e. The van der Waals surface area contributed by atoms with Crippen molar-refractivity contribution in [3.05, 3.63) is 6.92 Å². The van der Waals surface area contributed by atoms with Gasteiger partial charge in [-0.2, -0.15) is 0 Å². The standard InChI is InChI=1S/C3H5O2.Li/c1-3(4)5-2;/h1H2,2H3;/q-1;+1. The molecule has 0 spiro atoms. The molecule has 0 saturated heterocycles. The van der Waals surface area contributed by atoms with Gasteiger partial charge in [0.1, 0.15) is 0 Å². The summed E-state index contributed by atoms with van der Waals surface area (Å²) < 4.78 is 4.00. The van der Waals surface area contributed by atoms with Gasteiger partial charge in [-0.15, -0.1) is 0 Å². The Kier molecular flexibility index (Phi) is 7.68. The molecule has 0 unspecified atom stereocenters. The average Bonchev–Trinajstić information content (AvgIpc) is 1.38. The fraction of sp³-hybridized carbons (Fsp3) is 0.333. The Morgan fingerprint density at radius 2 is 2.00 bits per heavy atom. The molecule has 0 atom stereocenters. The van der Waals surface area contributed by atoms with Crippen LogP contribution >= 0.6 is 0 Å². The van der Waals surface area contributed by atoms with E-state index in [4.69, 9.17) is 0 Å². The Bertz CT molecular complexity index is 44.1. The van der Waals surface area contributed by atoms with E-state index >= 15 is 0 Å². The number of ether oxygens (including phenoxy) is 1. The Morgan fingerprint density at radius 1 is 1.83 bits per heavy atom. The quantitative estimate of drug-likeness (QED) is 0.176. The molecule has 0 saturated carbocycles. The van der Waals surface area contributed by atoms with Crippen molar-refractivity contribution >= 4 is 5.97 Å². The molecule has 0 aromatic carbocycles. The predicted molar refractivity (Wildman–Crippen MR) is 17.4 cm³/mol. The van der Waals surface area contributed by atoms with E-state index in [9.17, 15) is 4.79 Å². The number of hydrogen-bond acceptors (Lipinski definition) is 2. The van der Waals surface area contributed by atoms with Gasteiger partial charge in [-0.3, -0.25) is 11.7 Å². The van der Waals surface area contributed by atoms with Crippen molar-refractivity contribution in [3.8, 4) is 0 Å². The van der Waals surface area contributed by atoms with Crippen molar-refractivity contribution in [1.29, 1.82) is 0 Å². The summed E-state index contributed by atoms with van der Waals surface area (Å²) in [6, 6.07) is 0. The zero-order valence-corrected chi connectivity index (χ0v) is 4.02. The van der Waals surface area contributed by atoms with Gasteiger partial charge in [-0.25, -0.2) is 0 Å². The van der Waals surface area contributed by atoms with Crippen LogP contribution in [-0.2, 0) is 9.53 Å². The molecule has 0 aliphatic carbocycles. The maximum atomic E-state index is 9.48. The molecule has 0 radical (unpaired) electrons. The molecule has 0 aromatic rings. The van der Waals surface area contributed by atoms with Gasteiger partial charge in [0.15, 0.2) is 5.97 Å². The first-order chi connectivity index (χ1) is 2.27. The minimum atomic E-state index is -0.495. The van der Waals surface area contributed by atoms with E-state index in [2.05, 4.69) is 11.7 Å². The minimum Gasteiger partial charge on any atom is -0.492 e. The fourth-order valence-corrected chi connectivity index (χ4v) is 0. The molecule has 0 heterocycles. The van der Waals surface area contributed by atoms with Crippen molar-refractivity contribution in [2.45, 2.75) is 0 Å². The molecular weight excluding hydrogens is 75.0 g/mol. The molecule has 0 fully saturated rings. The third kappa shape index (κ3) is 9.05. The van der Waals surface area contributed by atoms with Crippen LogP contribution < -0.4 is 18.9 Å². The second-order valence-electron chi connectivity index (χ2n) is 0.576. The molecule has 0 N–H and O–H groups in total. The van der Waals surface area contributed by atoms with Gasteiger partial charge in [0.2, 0.25) is 0 Å². The number of hydrogen-bond donors (Lipinski definition) is 0. The van der Waals surface area contributed by atoms with Crippen molar-refractivity contribution in [2.24, 2.45) is 0 Å². The Morgan fingerprint density at radius 3 is 2.00 bits per heavy atom. The van der Waals surface area contributed by atoms with Crippen molar-refractivity contribution in [3.63, 3.8) is 0 Å². The fourth-order valence-electron chi connectivity index (χ4n) is 0. The molecular formula is C3H5LiO2. The van der Waals surface area contributed by atoms with Crippen LogP contribution in [0.2, 0.25) is 0 Å². The molecule has 6 heavy (non-hydrogen) atoms. The van der Waals surface area contributed by atoms with Gasteiger partial charge in [0.05, 0.1) is 7.11 Å². The molecule has 0 bridgehead atoms. The number of rotatable bonds is 0. The van der Waals surface area contributed by atoms with Crippen LogP contribution in [0.4, 0.5) is 0 Å². The smallest absolute Gasteiger partial charge is 0.492 e. The van der Waals surface area contributed by atoms with Crippen LogP contribution in [0.25, 0.3) is 0 Å². The summed E-state index contributed by atoms with van der Waals surface area (Å²) in [4.78, 5) is 9.48. The van der Waals surface area contributed by atoms with Crippen LogP contribution in [0.3, 0.4) is 0 Å². The van der Waals surface area contributed by atoms with E-state index in [1.807, 2.05) is 0 Å². The molecule has 0 amide bonds. The van der Waals surface area contributed by atoms with Crippen molar-refractivity contribution in [2.75, 3.05) is 7.11 Å². The van der Waals surface area contributed by atoms with Gasteiger partial charge in [-0.05, 0) is 0 Å². The van der Waals surface area contributed by atoms with Gasteiger partial charge in [0.25, 0.3) is 0 Å². The first-order valence-corrected chi connectivity index (χ1v) is 1.17. The molecule has 30 valence electrons. The van der Waals surface area contributed by atoms with E-state index in [0.717, 1.165) is 0 Å². The maximum Gasteiger partial charge on any atom is 1.00 e. The third-order valence-electron chi connectivity index (χ3n) is 0.228. The van der Waals surface area contributed by atoms with E-state index in [0.29, 0.717) is 0 Å². The first-order valence-electron chi connectivity index (χ1n) is 1.17. The summed E-state index contributed by atoms with van der Waals surface area (Å²) in [5, 5.41) is 0. The topological polar surface area (TPSA) is 26.3 Å². The summed E-state index contributed by atoms with van der Waals surface area (Å²) in [6.07, 6.45) is 0. The van der Waals surface area contributed by atoms with Crippen LogP contribution in [0.15, 0.2) is 0 Å². The second kappa shape index (κ2) is 4.94. The van der Waals surface area contributed by atoms with Gasteiger partial charge in [0, 0.05) is 0 Å². The molecule has 2 nitrogen and oxygen atoms in total. The van der Waals surface area contributed by atoms with E-state index in [1.165, 1.54) is 7.11 Å². The molecule has 0 aliphatic heterocycles. The van der Waals surface area contributed by atoms with Gasteiger partial charge < -0.3 is 4.74 Å². The normalized spacial score (nSPS) is 5.50. The van der Waals surface area contributed by atoms with Gasteiger partial charge >= 0.3 is 18.9 Å². The second-order valence-corrected chi connectivity index (χ2v) is 0.576. The Labute approximate surface area is 49.0 Å². The zero-order valence-electron chi connectivity index (χ0n) is 4.02. The SMILES string of the molecule is [CH2-]C(=O)OC.[Li+]. The Hall–Kier alpha value is -0.0626. The summed E-state index contributed by atoms with van der Waals surface area (Å²) >= 11 is 0. The Balaban J connectivity index is 0. The number of methoxy groups -OCH3 is 1. The van der Waals surface area contributed by atoms with Crippen LogP contribution in [0, 0.1) is 6.92 Å². The summed E-state index contributed by atoms with van der Waals surface area (Å²) in [6.45, 7) is 2.90. The van der Waals surface area contributed by atoms with Crippen molar-refractivity contribution < 1.29 is 28.4 Å². The van der Waals surface area contributed by atoms with E-state index in [-0.39, 0.29) is 18.9 Å². The zero-order chi connectivity index (χ0) is 4.28. The monoisotopic (exact) mass is 80.0 g/mol. The molecule has 0 aromatic heterocycles. The predicted octanol–water partition coefficient (Wildman–Crippen LogP) is -3.00. The summed E-state index contributed by atoms with van der Waals surface area (Å²) in [7, 11) is 1.29. The van der Waals surface area contributed by atoms with Crippen LogP contribution in [-0.4, -0.2) is 13.1 Å². The van der Waals surface area contributed by atoms with Crippen LogP contribution in [0.1, 0.15) is 0 Å². The first kappa shape index (κ1) is 9.34. The third-order valence-corrected chi connectivity index (χ3v) is 0.228. The number of carbonyl (C=O) groups excluding carboxylic acids is 1.